The maximum absolute atomic E-state index is 12.1. The van der Waals surface area contributed by atoms with E-state index in [1.165, 1.54) is 16.9 Å². The van der Waals surface area contributed by atoms with E-state index in [1.807, 2.05) is 24.3 Å². The SMILES string of the molecule is CC(C)c1ccc(NC(=O)c2csc(CCN)n2)cc1.Cl. The molecule has 0 aliphatic heterocycles. The van der Waals surface area contributed by atoms with Gasteiger partial charge in [-0.15, -0.1) is 23.7 Å². The Hall–Kier alpha value is -1.43. The molecule has 0 saturated carbocycles. The molecule has 1 amide bonds. The van der Waals surface area contributed by atoms with E-state index in [1.54, 1.807) is 5.38 Å². The fraction of sp³-hybridized carbons (Fsp3) is 0.333. The van der Waals surface area contributed by atoms with Gasteiger partial charge >= 0.3 is 0 Å². The van der Waals surface area contributed by atoms with Crippen LogP contribution in [0.25, 0.3) is 0 Å². The lowest BCUT2D eigenvalue weighted by molar-refractivity contribution is 0.102. The van der Waals surface area contributed by atoms with Crippen molar-refractivity contribution in [3.05, 3.63) is 45.9 Å². The van der Waals surface area contributed by atoms with Crippen molar-refractivity contribution in [1.82, 2.24) is 4.98 Å². The minimum absolute atomic E-state index is 0. The van der Waals surface area contributed by atoms with Gasteiger partial charge in [-0.1, -0.05) is 26.0 Å². The van der Waals surface area contributed by atoms with Crippen molar-refractivity contribution in [2.45, 2.75) is 26.2 Å². The number of thiazole rings is 1. The minimum atomic E-state index is -0.179. The van der Waals surface area contributed by atoms with E-state index in [0.29, 0.717) is 24.6 Å². The maximum Gasteiger partial charge on any atom is 0.275 e. The van der Waals surface area contributed by atoms with Crippen molar-refractivity contribution in [1.29, 1.82) is 0 Å². The molecule has 0 aliphatic rings. The molecule has 1 heterocycles. The molecular formula is C15H20ClN3OS. The summed E-state index contributed by atoms with van der Waals surface area (Å²) in [6.07, 6.45) is 0.709. The molecule has 4 nitrogen and oxygen atoms in total. The number of nitrogens with one attached hydrogen (secondary N) is 1. The Balaban J connectivity index is 0.00000220. The molecule has 21 heavy (non-hydrogen) atoms. The Labute approximate surface area is 135 Å². The van der Waals surface area contributed by atoms with Crippen LogP contribution in [0.3, 0.4) is 0 Å². The van der Waals surface area contributed by atoms with E-state index in [9.17, 15) is 4.79 Å². The summed E-state index contributed by atoms with van der Waals surface area (Å²) in [5.74, 6) is 0.305. The van der Waals surface area contributed by atoms with Gasteiger partial charge in [0.25, 0.3) is 5.91 Å². The van der Waals surface area contributed by atoms with Crippen LogP contribution in [0.5, 0.6) is 0 Å². The molecule has 0 fully saturated rings. The van der Waals surface area contributed by atoms with Crippen LogP contribution in [0.1, 0.15) is 40.8 Å². The monoisotopic (exact) mass is 325 g/mol. The lowest BCUT2D eigenvalue weighted by Gasteiger charge is -2.07. The van der Waals surface area contributed by atoms with E-state index in [-0.39, 0.29) is 18.3 Å². The molecule has 1 aromatic heterocycles. The zero-order chi connectivity index (χ0) is 14.5. The second-order valence-electron chi connectivity index (χ2n) is 4.90. The topological polar surface area (TPSA) is 68.0 Å². The summed E-state index contributed by atoms with van der Waals surface area (Å²) in [5, 5.41) is 5.52. The normalized spacial score (nSPS) is 10.3. The summed E-state index contributed by atoms with van der Waals surface area (Å²) < 4.78 is 0. The van der Waals surface area contributed by atoms with Crippen LogP contribution < -0.4 is 11.1 Å². The van der Waals surface area contributed by atoms with Crippen LogP contribution in [0.15, 0.2) is 29.6 Å². The molecule has 2 rings (SSSR count). The molecular weight excluding hydrogens is 306 g/mol. The average molecular weight is 326 g/mol. The number of rotatable bonds is 5. The number of anilines is 1. The molecule has 0 unspecified atom stereocenters. The Kier molecular flexibility index (Phi) is 6.81. The number of carbonyl (C=O) groups excluding carboxylic acids is 1. The highest BCUT2D eigenvalue weighted by Gasteiger charge is 2.10. The molecule has 0 atom stereocenters. The van der Waals surface area contributed by atoms with Crippen molar-refractivity contribution in [2.24, 2.45) is 5.73 Å². The fourth-order valence-corrected chi connectivity index (χ4v) is 2.59. The first kappa shape index (κ1) is 17.6. The molecule has 1 aromatic carbocycles. The maximum atomic E-state index is 12.1. The van der Waals surface area contributed by atoms with Gasteiger partial charge in [-0.2, -0.15) is 0 Å². The Bertz CT molecular complexity index is 581. The Morgan fingerprint density at radius 3 is 2.57 bits per heavy atom. The molecule has 0 aliphatic carbocycles. The number of nitrogens with two attached hydrogens (primary N) is 1. The highest BCUT2D eigenvalue weighted by Crippen LogP contribution is 2.18. The van der Waals surface area contributed by atoms with Gasteiger partial charge in [-0.3, -0.25) is 4.79 Å². The van der Waals surface area contributed by atoms with Crippen LogP contribution in [0.2, 0.25) is 0 Å². The number of amides is 1. The number of hydrogen-bond donors (Lipinski definition) is 2. The smallest absolute Gasteiger partial charge is 0.275 e. The van der Waals surface area contributed by atoms with Gasteiger partial charge in [0.15, 0.2) is 0 Å². The van der Waals surface area contributed by atoms with Crippen molar-refractivity contribution in [3.63, 3.8) is 0 Å². The Morgan fingerprint density at radius 1 is 1.33 bits per heavy atom. The summed E-state index contributed by atoms with van der Waals surface area (Å²) in [4.78, 5) is 16.3. The number of nitrogens with zero attached hydrogens (tertiary/aromatic N) is 1. The second kappa shape index (κ2) is 8.12. The van der Waals surface area contributed by atoms with Crippen molar-refractivity contribution in [2.75, 3.05) is 11.9 Å². The van der Waals surface area contributed by atoms with Gasteiger partial charge in [0.1, 0.15) is 5.69 Å². The van der Waals surface area contributed by atoms with E-state index < -0.39 is 0 Å². The van der Waals surface area contributed by atoms with Crippen LogP contribution in [-0.4, -0.2) is 17.4 Å². The van der Waals surface area contributed by atoms with Gasteiger partial charge in [0.05, 0.1) is 5.01 Å². The van der Waals surface area contributed by atoms with Crippen molar-refractivity contribution >= 4 is 35.3 Å². The average Bonchev–Trinajstić information content (AvgIpc) is 2.88. The highest BCUT2D eigenvalue weighted by molar-refractivity contribution is 7.09. The lowest BCUT2D eigenvalue weighted by Crippen LogP contribution is -2.12. The van der Waals surface area contributed by atoms with Gasteiger partial charge in [0, 0.05) is 17.5 Å². The van der Waals surface area contributed by atoms with Gasteiger partial charge < -0.3 is 11.1 Å². The van der Waals surface area contributed by atoms with E-state index in [2.05, 4.69) is 24.1 Å². The molecule has 6 heteroatoms. The lowest BCUT2D eigenvalue weighted by atomic mass is 10.0. The summed E-state index contributed by atoms with van der Waals surface area (Å²) in [6.45, 7) is 4.83. The summed E-state index contributed by atoms with van der Waals surface area (Å²) in [5.41, 5.74) is 7.96. The largest absolute Gasteiger partial charge is 0.330 e. The van der Waals surface area contributed by atoms with E-state index in [4.69, 9.17) is 5.73 Å². The highest BCUT2D eigenvalue weighted by atomic mass is 35.5. The van der Waals surface area contributed by atoms with Gasteiger partial charge in [-0.05, 0) is 30.2 Å². The summed E-state index contributed by atoms with van der Waals surface area (Å²) in [7, 11) is 0. The zero-order valence-corrected chi connectivity index (χ0v) is 13.8. The minimum Gasteiger partial charge on any atom is -0.330 e. The molecule has 0 spiro atoms. The summed E-state index contributed by atoms with van der Waals surface area (Å²) in [6, 6.07) is 7.89. The van der Waals surface area contributed by atoms with E-state index >= 15 is 0 Å². The predicted molar refractivity (Wildman–Crippen MR) is 90.6 cm³/mol. The van der Waals surface area contributed by atoms with Crippen molar-refractivity contribution < 1.29 is 4.79 Å². The van der Waals surface area contributed by atoms with Crippen molar-refractivity contribution in [3.8, 4) is 0 Å². The first-order valence-electron chi connectivity index (χ1n) is 6.66. The third kappa shape index (κ3) is 4.81. The predicted octanol–water partition coefficient (Wildman–Crippen LogP) is 3.44. The standard InChI is InChI=1S/C15H19N3OS.ClH/c1-10(2)11-3-5-12(6-4-11)17-15(19)13-9-20-14(18-13)7-8-16;/h3-6,9-10H,7-8,16H2,1-2H3,(H,17,19);1H. The fourth-order valence-electron chi connectivity index (χ4n) is 1.80. The number of hydrogen-bond acceptors (Lipinski definition) is 4. The molecule has 114 valence electrons. The molecule has 0 saturated heterocycles. The van der Waals surface area contributed by atoms with Gasteiger partial charge in [0.2, 0.25) is 0 Å². The molecule has 2 aromatic rings. The van der Waals surface area contributed by atoms with Crippen LogP contribution >= 0.6 is 23.7 Å². The second-order valence-corrected chi connectivity index (χ2v) is 5.84. The zero-order valence-electron chi connectivity index (χ0n) is 12.1. The first-order chi connectivity index (χ1) is 9.60. The van der Waals surface area contributed by atoms with Crippen LogP contribution in [0, 0.1) is 0 Å². The third-order valence-corrected chi connectivity index (χ3v) is 3.89. The number of halogens is 1. The molecule has 0 bridgehead atoms. The molecule has 3 N–H and O–H groups in total. The third-order valence-electron chi connectivity index (χ3n) is 2.98. The van der Waals surface area contributed by atoms with Crippen LogP contribution in [-0.2, 0) is 6.42 Å². The Morgan fingerprint density at radius 2 is 2.00 bits per heavy atom. The van der Waals surface area contributed by atoms with E-state index in [0.717, 1.165) is 10.7 Å². The molecule has 0 radical (unpaired) electrons. The summed E-state index contributed by atoms with van der Waals surface area (Å²) >= 11 is 1.47. The first-order valence-corrected chi connectivity index (χ1v) is 7.54. The number of benzene rings is 1. The number of aromatic nitrogens is 1. The number of carbonyl (C=O) groups is 1. The van der Waals surface area contributed by atoms with Crippen LogP contribution in [0.4, 0.5) is 5.69 Å². The quantitative estimate of drug-likeness (QED) is 0.884. The van der Waals surface area contributed by atoms with Gasteiger partial charge in [-0.25, -0.2) is 4.98 Å².